The van der Waals surface area contributed by atoms with E-state index in [4.69, 9.17) is 0 Å². The maximum Gasteiger partial charge on any atom is 0.423 e. The highest BCUT2D eigenvalue weighted by molar-refractivity contribution is 7.87. The summed E-state index contributed by atoms with van der Waals surface area (Å²) in [5, 5.41) is 10.4. The SMILES string of the molecule is CN(C)C(=O)C1CCC2NS(=O)(=O)N(N(C(=O)O)C(C)(C)C)C2C1. The number of carboxylic acid groups (broad SMARTS) is 1. The third kappa shape index (κ3) is 3.35. The van der Waals surface area contributed by atoms with Crippen LogP contribution >= 0.6 is 0 Å². The second kappa shape index (κ2) is 6.16. The van der Waals surface area contributed by atoms with Gasteiger partial charge in [0.05, 0.1) is 11.6 Å². The summed E-state index contributed by atoms with van der Waals surface area (Å²) in [5.41, 5.74) is -0.937. The third-order valence-electron chi connectivity index (χ3n) is 4.45. The minimum absolute atomic E-state index is 0.0599. The first-order chi connectivity index (χ1) is 10.9. The molecule has 1 saturated carbocycles. The summed E-state index contributed by atoms with van der Waals surface area (Å²) in [7, 11) is -0.640. The second-order valence-corrected chi connectivity index (χ2v) is 9.14. The van der Waals surface area contributed by atoms with Gasteiger partial charge in [-0.1, -0.05) is 4.41 Å². The number of rotatable bonds is 2. The maximum atomic E-state index is 12.5. The first kappa shape index (κ1) is 18.9. The topological polar surface area (TPSA) is 110 Å². The Morgan fingerprint density at radius 3 is 2.25 bits per heavy atom. The van der Waals surface area contributed by atoms with E-state index in [-0.39, 0.29) is 17.9 Å². The Morgan fingerprint density at radius 1 is 1.21 bits per heavy atom. The smallest absolute Gasteiger partial charge is 0.423 e. The zero-order valence-electron chi connectivity index (χ0n) is 14.7. The zero-order chi connectivity index (χ0) is 18.4. The van der Waals surface area contributed by atoms with Gasteiger partial charge in [0.2, 0.25) is 5.91 Å². The number of amides is 2. The van der Waals surface area contributed by atoms with Gasteiger partial charge in [0.25, 0.3) is 10.2 Å². The van der Waals surface area contributed by atoms with E-state index in [9.17, 15) is 23.1 Å². The molecule has 2 N–H and O–H groups in total. The van der Waals surface area contributed by atoms with Crippen molar-refractivity contribution in [3.05, 3.63) is 0 Å². The van der Waals surface area contributed by atoms with Gasteiger partial charge in [-0.15, -0.1) is 0 Å². The van der Waals surface area contributed by atoms with Crippen LogP contribution in [0.1, 0.15) is 40.0 Å². The molecule has 0 aromatic heterocycles. The number of fused-ring (bicyclic) bond motifs is 1. The third-order valence-corrected chi connectivity index (χ3v) is 5.98. The summed E-state index contributed by atoms with van der Waals surface area (Å²) in [5.74, 6) is -0.371. The molecule has 2 fully saturated rings. The lowest BCUT2D eigenvalue weighted by molar-refractivity contribution is -0.135. The predicted molar refractivity (Wildman–Crippen MR) is 87.1 cm³/mol. The van der Waals surface area contributed by atoms with Crippen LogP contribution in [0.4, 0.5) is 4.79 Å². The molecule has 0 aromatic rings. The number of nitrogens with one attached hydrogen (secondary N) is 1. The molecule has 10 heteroatoms. The van der Waals surface area contributed by atoms with Crippen LogP contribution in [0, 0.1) is 5.92 Å². The summed E-state index contributed by atoms with van der Waals surface area (Å²) >= 11 is 0. The van der Waals surface area contributed by atoms with Crippen molar-refractivity contribution in [1.29, 1.82) is 0 Å². The molecule has 138 valence electrons. The van der Waals surface area contributed by atoms with E-state index in [1.807, 2.05) is 0 Å². The highest BCUT2D eigenvalue weighted by Crippen LogP contribution is 2.37. The fraction of sp³-hybridized carbons (Fsp3) is 0.857. The molecule has 3 unspecified atom stereocenters. The van der Waals surface area contributed by atoms with Crippen molar-refractivity contribution in [1.82, 2.24) is 19.0 Å². The van der Waals surface area contributed by atoms with Gasteiger partial charge in [0, 0.05) is 26.1 Å². The molecule has 0 spiro atoms. The van der Waals surface area contributed by atoms with Crippen LogP contribution in [0.25, 0.3) is 0 Å². The summed E-state index contributed by atoms with van der Waals surface area (Å²) < 4.78 is 28.6. The first-order valence-electron chi connectivity index (χ1n) is 7.92. The van der Waals surface area contributed by atoms with Crippen molar-refractivity contribution < 1.29 is 23.1 Å². The highest BCUT2D eigenvalue weighted by atomic mass is 32.2. The van der Waals surface area contributed by atoms with Crippen molar-refractivity contribution >= 4 is 22.2 Å². The lowest BCUT2D eigenvalue weighted by Gasteiger charge is -2.42. The quantitative estimate of drug-likeness (QED) is 0.741. The van der Waals surface area contributed by atoms with Gasteiger partial charge in [0.15, 0.2) is 0 Å². The molecule has 2 aliphatic rings. The Labute approximate surface area is 142 Å². The molecule has 1 saturated heterocycles. The lowest BCUT2D eigenvalue weighted by Crippen LogP contribution is -2.60. The van der Waals surface area contributed by atoms with E-state index < -0.39 is 27.9 Å². The number of nitrogens with zero attached hydrogens (tertiary/aromatic N) is 3. The van der Waals surface area contributed by atoms with Gasteiger partial charge >= 0.3 is 6.09 Å². The number of hydrogen-bond acceptors (Lipinski definition) is 4. The fourth-order valence-electron chi connectivity index (χ4n) is 3.46. The number of carbonyl (C=O) groups is 2. The molecule has 1 heterocycles. The molecule has 1 aliphatic carbocycles. The fourth-order valence-corrected chi connectivity index (χ4v) is 5.35. The van der Waals surface area contributed by atoms with E-state index in [1.54, 1.807) is 34.9 Å². The minimum Gasteiger partial charge on any atom is -0.464 e. The predicted octanol–water partition coefficient (Wildman–Crippen LogP) is 0.455. The summed E-state index contributed by atoms with van der Waals surface area (Å²) in [4.78, 5) is 25.5. The van der Waals surface area contributed by atoms with Crippen LogP contribution in [0.15, 0.2) is 0 Å². The number of carbonyl (C=O) groups excluding carboxylic acids is 1. The van der Waals surface area contributed by atoms with Gasteiger partial charge in [-0.05, 0) is 40.0 Å². The minimum atomic E-state index is -3.96. The van der Waals surface area contributed by atoms with E-state index in [0.717, 1.165) is 9.42 Å². The van der Waals surface area contributed by atoms with Crippen LogP contribution in [-0.4, -0.2) is 71.6 Å². The van der Waals surface area contributed by atoms with Crippen LogP contribution in [0.2, 0.25) is 0 Å². The normalized spacial score (nSPS) is 29.8. The van der Waals surface area contributed by atoms with Gasteiger partial charge < -0.3 is 10.0 Å². The molecule has 1 aliphatic heterocycles. The van der Waals surface area contributed by atoms with Crippen molar-refractivity contribution in [2.75, 3.05) is 14.1 Å². The Hall–Kier alpha value is -1.39. The van der Waals surface area contributed by atoms with Crippen LogP contribution in [-0.2, 0) is 15.0 Å². The average molecular weight is 362 g/mol. The van der Waals surface area contributed by atoms with Crippen LogP contribution in [0.5, 0.6) is 0 Å². The van der Waals surface area contributed by atoms with E-state index in [0.29, 0.717) is 19.3 Å². The Morgan fingerprint density at radius 2 is 1.79 bits per heavy atom. The molecular formula is C14H26N4O5S. The maximum absolute atomic E-state index is 12.5. The van der Waals surface area contributed by atoms with Gasteiger partial charge in [-0.25, -0.2) is 9.80 Å². The lowest BCUT2D eigenvalue weighted by atomic mass is 9.82. The summed E-state index contributed by atoms with van der Waals surface area (Å²) in [6, 6.07) is -0.974. The Bertz CT molecular complexity index is 628. The first-order valence-corrected chi connectivity index (χ1v) is 9.36. The molecule has 0 aromatic carbocycles. The molecule has 2 rings (SSSR count). The molecule has 2 amide bonds. The molecule has 24 heavy (non-hydrogen) atoms. The summed E-state index contributed by atoms with van der Waals surface area (Å²) in [6.07, 6.45) is 0.0437. The average Bonchev–Trinajstić information content (AvgIpc) is 2.66. The van der Waals surface area contributed by atoms with Crippen molar-refractivity contribution in [2.24, 2.45) is 5.92 Å². The molecular weight excluding hydrogens is 336 g/mol. The monoisotopic (exact) mass is 362 g/mol. The Kier molecular flexibility index (Phi) is 4.86. The second-order valence-electron chi connectivity index (χ2n) is 7.58. The molecule has 0 radical (unpaired) electrons. The summed E-state index contributed by atoms with van der Waals surface area (Å²) in [6.45, 7) is 4.90. The van der Waals surface area contributed by atoms with Crippen molar-refractivity contribution in [3.63, 3.8) is 0 Å². The molecule has 9 nitrogen and oxygen atoms in total. The number of hydrogen-bond donors (Lipinski definition) is 2. The van der Waals surface area contributed by atoms with Gasteiger partial charge in [0.1, 0.15) is 0 Å². The number of hydrazine groups is 1. The van der Waals surface area contributed by atoms with Crippen molar-refractivity contribution in [2.45, 2.75) is 57.7 Å². The Balaban J connectivity index is 2.38. The van der Waals surface area contributed by atoms with E-state index >= 15 is 0 Å². The standard InChI is InChI=1S/C14H26N4O5S/c1-14(2,3)17(13(20)21)18-11-8-9(12(19)16(4)5)6-7-10(11)15-24(18,22)23/h9-11,15H,6-8H2,1-5H3,(H,20,21). The highest BCUT2D eigenvalue weighted by Gasteiger charge is 2.54. The molecule has 0 bridgehead atoms. The largest absolute Gasteiger partial charge is 0.464 e. The van der Waals surface area contributed by atoms with E-state index in [1.165, 1.54) is 4.90 Å². The van der Waals surface area contributed by atoms with Crippen LogP contribution < -0.4 is 4.72 Å². The van der Waals surface area contributed by atoms with Gasteiger partial charge in [-0.3, -0.25) is 4.79 Å². The van der Waals surface area contributed by atoms with Gasteiger partial charge in [-0.2, -0.15) is 13.1 Å². The zero-order valence-corrected chi connectivity index (χ0v) is 15.5. The molecule has 3 atom stereocenters. The van der Waals surface area contributed by atoms with Crippen molar-refractivity contribution in [3.8, 4) is 0 Å². The van der Waals surface area contributed by atoms with E-state index in [2.05, 4.69) is 4.72 Å². The van der Waals surface area contributed by atoms with Crippen LogP contribution in [0.3, 0.4) is 0 Å².